The number of carbonyl (C=O) groups is 4. The first-order valence-corrected chi connectivity index (χ1v) is 8.69. The molecule has 7 nitrogen and oxygen atoms in total. The van der Waals surface area contributed by atoms with Gasteiger partial charge in [-0.05, 0) is 40.6 Å². The van der Waals surface area contributed by atoms with Crippen LogP contribution >= 0.6 is 0 Å². The van der Waals surface area contributed by atoms with Gasteiger partial charge in [0.1, 0.15) is 11.3 Å². The zero-order valence-electron chi connectivity index (χ0n) is 15.0. The van der Waals surface area contributed by atoms with Gasteiger partial charge < -0.3 is 4.74 Å². The largest absolute Gasteiger partial charge is 0.423 e. The van der Waals surface area contributed by atoms with E-state index in [9.17, 15) is 19.2 Å². The number of urea groups is 1. The van der Waals surface area contributed by atoms with Crippen molar-refractivity contribution in [1.82, 2.24) is 10.6 Å². The molecule has 0 aromatic heterocycles. The summed E-state index contributed by atoms with van der Waals surface area (Å²) in [6.07, 6.45) is 1.31. The first-order chi connectivity index (χ1) is 14.0. The minimum Gasteiger partial charge on any atom is -0.423 e. The van der Waals surface area contributed by atoms with E-state index in [1.807, 2.05) is 41.0 Å². The molecule has 2 N–H and O–H groups in total. The van der Waals surface area contributed by atoms with Gasteiger partial charge in [0.15, 0.2) is 0 Å². The highest BCUT2D eigenvalue weighted by Crippen LogP contribution is 2.22. The summed E-state index contributed by atoms with van der Waals surface area (Å²) in [5, 5.41) is 5.70. The monoisotopic (exact) mass is 386 g/mol. The summed E-state index contributed by atoms with van der Waals surface area (Å²) < 4.78 is 5.49. The second kappa shape index (κ2) is 7.40. The van der Waals surface area contributed by atoms with Crippen LogP contribution in [-0.4, -0.2) is 23.8 Å². The maximum absolute atomic E-state index is 12.7. The van der Waals surface area contributed by atoms with E-state index in [4.69, 9.17) is 4.74 Å². The van der Waals surface area contributed by atoms with Crippen molar-refractivity contribution in [1.29, 1.82) is 0 Å². The smallest absolute Gasteiger partial charge is 0.344 e. The lowest BCUT2D eigenvalue weighted by atomic mass is 10.0. The van der Waals surface area contributed by atoms with E-state index < -0.39 is 23.8 Å². The van der Waals surface area contributed by atoms with Crippen molar-refractivity contribution in [2.24, 2.45) is 0 Å². The number of imide groups is 2. The lowest BCUT2D eigenvalue weighted by Crippen LogP contribution is -2.51. The number of nitrogens with one attached hydrogen (secondary N) is 2. The third-order valence-corrected chi connectivity index (χ3v) is 4.33. The van der Waals surface area contributed by atoms with Crippen molar-refractivity contribution in [2.75, 3.05) is 0 Å². The van der Waals surface area contributed by atoms with Crippen molar-refractivity contribution in [2.45, 2.75) is 0 Å². The molecule has 0 radical (unpaired) electrons. The van der Waals surface area contributed by atoms with Gasteiger partial charge in [-0.2, -0.15) is 0 Å². The zero-order valence-corrected chi connectivity index (χ0v) is 15.0. The van der Waals surface area contributed by atoms with Gasteiger partial charge in [-0.15, -0.1) is 0 Å². The van der Waals surface area contributed by atoms with Crippen LogP contribution in [0.2, 0.25) is 0 Å². The molecule has 1 saturated heterocycles. The van der Waals surface area contributed by atoms with Gasteiger partial charge in [-0.1, -0.05) is 48.5 Å². The summed E-state index contributed by atoms with van der Waals surface area (Å²) >= 11 is 0. The van der Waals surface area contributed by atoms with Gasteiger partial charge in [0, 0.05) is 0 Å². The minimum absolute atomic E-state index is 0.220. The number of ether oxygens (including phenoxy) is 1. The molecular weight excluding hydrogens is 372 g/mol. The van der Waals surface area contributed by atoms with E-state index in [0.29, 0.717) is 11.1 Å². The number of hydrogen-bond acceptors (Lipinski definition) is 5. The van der Waals surface area contributed by atoms with Crippen LogP contribution in [0.4, 0.5) is 4.79 Å². The number of hydrogen-bond donors (Lipinski definition) is 2. The van der Waals surface area contributed by atoms with Crippen LogP contribution in [-0.2, 0) is 9.59 Å². The third kappa shape index (κ3) is 3.74. The second-order valence-electron chi connectivity index (χ2n) is 6.28. The Morgan fingerprint density at radius 2 is 1.52 bits per heavy atom. The van der Waals surface area contributed by atoms with Gasteiger partial charge in [-0.3, -0.25) is 20.2 Å². The molecule has 1 fully saturated rings. The molecule has 0 saturated carbocycles. The molecule has 4 amide bonds. The molecule has 1 aliphatic heterocycles. The van der Waals surface area contributed by atoms with Crippen molar-refractivity contribution in [3.05, 3.63) is 83.4 Å². The maximum Gasteiger partial charge on any atom is 0.344 e. The van der Waals surface area contributed by atoms with Crippen LogP contribution in [0.15, 0.2) is 72.3 Å². The topological polar surface area (TPSA) is 102 Å². The Balaban J connectivity index is 1.60. The molecule has 0 spiro atoms. The molecule has 29 heavy (non-hydrogen) atoms. The first kappa shape index (κ1) is 18.1. The van der Waals surface area contributed by atoms with Crippen LogP contribution in [0.5, 0.6) is 5.75 Å². The SMILES string of the molecule is O=C1NC(=O)C(=Cc2cccc(OC(=O)c3cccc4ccccc34)c2)C(=O)N1. The minimum atomic E-state index is -0.866. The molecule has 1 heterocycles. The fourth-order valence-corrected chi connectivity index (χ4v) is 3.01. The van der Waals surface area contributed by atoms with Crippen LogP contribution < -0.4 is 15.4 Å². The number of fused-ring (bicyclic) bond motifs is 1. The molecule has 142 valence electrons. The van der Waals surface area contributed by atoms with Gasteiger partial charge in [0.25, 0.3) is 11.8 Å². The molecule has 0 unspecified atom stereocenters. The Hall–Kier alpha value is -4.26. The Bertz CT molecular complexity index is 1190. The van der Waals surface area contributed by atoms with E-state index in [1.54, 1.807) is 30.3 Å². The molecule has 7 heteroatoms. The highest BCUT2D eigenvalue weighted by Gasteiger charge is 2.27. The van der Waals surface area contributed by atoms with Crippen molar-refractivity contribution < 1.29 is 23.9 Å². The van der Waals surface area contributed by atoms with Gasteiger partial charge in [0.2, 0.25) is 0 Å². The van der Waals surface area contributed by atoms with E-state index in [0.717, 1.165) is 10.8 Å². The number of barbiturate groups is 1. The fraction of sp³-hybridized carbons (Fsp3) is 0. The first-order valence-electron chi connectivity index (χ1n) is 8.69. The number of benzene rings is 3. The number of amides is 4. The summed E-state index contributed by atoms with van der Waals surface area (Å²) in [5.74, 6) is -1.86. The summed E-state index contributed by atoms with van der Waals surface area (Å²) in [5.41, 5.74) is 0.668. The van der Waals surface area contributed by atoms with E-state index in [2.05, 4.69) is 0 Å². The fourth-order valence-electron chi connectivity index (χ4n) is 3.01. The Morgan fingerprint density at radius 3 is 2.31 bits per heavy atom. The third-order valence-electron chi connectivity index (χ3n) is 4.33. The summed E-state index contributed by atoms with van der Waals surface area (Å²) in [6, 6.07) is 18.4. The van der Waals surface area contributed by atoms with Crippen molar-refractivity contribution in [3.63, 3.8) is 0 Å². The summed E-state index contributed by atoms with van der Waals surface area (Å²) in [4.78, 5) is 47.5. The highest BCUT2D eigenvalue weighted by atomic mass is 16.5. The van der Waals surface area contributed by atoms with E-state index in [-0.39, 0.29) is 11.3 Å². The quantitative estimate of drug-likeness (QED) is 0.312. The molecule has 0 atom stereocenters. The Morgan fingerprint density at radius 1 is 0.828 bits per heavy atom. The van der Waals surface area contributed by atoms with Gasteiger partial charge >= 0.3 is 12.0 Å². The second-order valence-corrected chi connectivity index (χ2v) is 6.28. The number of carbonyl (C=O) groups excluding carboxylic acids is 4. The molecular formula is C22H14N2O5. The summed E-state index contributed by atoms with van der Waals surface area (Å²) in [6.45, 7) is 0. The number of rotatable bonds is 3. The predicted molar refractivity (Wildman–Crippen MR) is 105 cm³/mol. The Kier molecular flexibility index (Phi) is 4.62. The van der Waals surface area contributed by atoms with E-state index in [1.165, 1.54) is 12.1 Å². The molecule has 0 aliphatic carbocycles. The van der Waals surface area contributed by atoms with Crippen molar-refractivity contribution >= 4 is 40.7 Å². The number of esters is 1. The average molecular weight is 386 g/mol. The standard InChI is InChI=1S/C22H14N2O5/c25-19-18(20(26)24-22(28)23-19)12-13-5-3-8-15(11-13)29-21(27)17-10-4-7-14-6-1-2-9-16(14)17/h1-12H,(H2,23,24,25,26,28). The van der Waals surface area contributed by atoms with E-state index >= 15 is 0 Å². The van der Waals surface area contributed by atoms with Gasteiger partial charge in [0.05, 0.1) is 5.56 Å². The zero-order chi connectivity index (χ0) is 20.4. The van der Waals surface area contributed by atoms with Crippen LogP contribution in [0.1, 0.15) is 15.9 Å². The lowest BCUT2D eigenvalue weighted by molar-refractivity contribution is -0.123. The van der Waals surface area contributed by atoms with Crippen LogP contribution in [0.25, 0.3) is 16.8 Å². The summed E-state index contributed by atoms with van der Waals surface area (Å²) in [7, 11) is 0. The Labute approximate surface area is 165 Å². The lowest BCUT2D eigenvalue weighted by Gasteiger charge is -2.14. The van der Waals surface area contributed by atoms with Gasteiger partial charge in [-0.25, -0.2) is 9.59 Å². The molecule has 1 aliphatic rings. The normalized spacial score (nSPS) is 13.7. The van der Waals surface area contributed by atoms with Crippen molar-refractivity contribution in [3.8, 4) is 5.75 Å². The molecule has 0 bridgehead atoms. The highest BCUT2D eigenvalue weighted by molar-refractivity contribution is 6.31. The average Bonchev–Trinajstić information content (AvgIpc) is 2.70. The molecule has 4 rings (SSSR count). The molecule has 3 aromatic rings. The van der Waals surface area contributed by atoms with Crippen LogP contribution in [0, 0.1) is 0 Å². The maximum atomic E-state index is 12.7. The van der Waals surface area contributed by atoms with Crippen LogP contribution in [0.3, 0.4) is 0 Å². The predicted octanol–water partition coefficient (Wildman–Crippen LogP) is 2.81. The molecule has 3 aromatic carbocycles.